The molecule has 6 nitrogen and oxygen atoms in total. The average Bonchev–Trinajstić information content (AvgIpc) is 2.29. The molecule has 4 N–H and O–H groups in total. The van der Waals surface area contributed by atoms with E-state index in [1.54, 1.807) is 15.1 Å². The number of hydrogen-bond acceptors (Lipinski definition) is 6. The fourth-order valence-electron chi connectivity index (χ4n) is 1.19. The summed E-state index contributed by atoms with van der Waals surface area (Å²) in [5.74, 6) is 0. The molecule has 2 aliphatic heterocycles. The highest BCUT2D eigenvalue weighted by Crippen LogP contribution is 1.86. The van der Waals surface area contributed by atoms with Crippen molar-refractivity contribution in [3.8, 4) is 0 Å². The molecule has 12 heteroatoms. The third-order valence-corrected chi connectivity index (χ3v) is 1.91. The Kier molecular flexibility index (Phi) is 4.49. The van der Waals surface area contributed by atoms with Gasteiger partial charge in [-0.25, -0.2) is 0 Å². The number of hydrogen-bond donors (Lipinski definition) is 4. The molecule has 0 unspecified atom stereocenters. The molecule has 2 heterocycles. The molecule has 2 fully saturated rings. The van der Waals surface area contributed by atoms with Gasteiger partial charge in [0.2, 0.25) is 0 Å². The molecule has 0 aliphatic carbocycles. The minimum atomic E-state index is 0.907. The van der Waals surface area contributed by atoms with E-state index in [0.29, 0.717) is 0 Å². The van der Waals surface area contributed by atoms with E-state index in [-0.39, 0.29) is 0 Å². The first-order valence-corrected chi connectivity index (χ1v) is 4.47. The molecule has 0 aromatic rings. The van der Waals surface area contributed by atoms with E-state index in [2.05, 4.69) is 20.6 Å². The van der Waals surface area contributed by atoms with Gasteiger partial charge in [0.25, 0.3) is 45.3 Å². The van der Waals surface area contributed by atoms with E-state index in [9.17, 15) is 0 Å². The van der Waals surface area contributed by atoms with E-state index in [1.165, 1.54) is 0 Å². The second kappa shape index (κ2) is 5.89. The van der Waals surface area contributed by atoms with Crippen LogP contribution in [0.25, 0.3) is 0 Å². The van der Waals surface area contributed by atoms with E-state index in [0.717, 1.165) is 13.1 Å². The first kappa shape index (κ1) is 10.7. The normalized spacial score (nSPS) is 23.1. The largest absolute Gasteiger partial charge is 0.379 e. The van der Waals surface area contributed by atoms with Crippen molar-refractivity contribution in [2.45, 2.75) is 0 Å². The number of nitrogens with zero attached hydrogens (tertiary/aromatic N) is 2. The van der Waals surface area contributed by atoms with Crippen LogP contribution in [0.4, 0.5) is 0 Å². The van der Waals surface area contributed by atoms with Crippen LogP contribution < -0.4 is 20.6 Å². The van der Waals surface area contributed by atoms with E-state index in [4.69, 9.17) is 0 Å². The first-order chi connectivity index (χ1) is 6.95. The van der Waals surface area contributed by atoms with Crippen molar-refractivity contribution in [2.75, 3.05) is 13.1 Å². The van der Waals surface area contributed by atoms with Gasteiger partial charge in [0.1, 0.15) is 0 Å². The van der Waals surface area contributed by atoms with Gasteiger partial charge in [-0.2, -0.15) is 0 Å². The van der Waals surface area contributed by atoms with Gasteiger partial charge in [-0.05, 0) is 13.1 Å². The number of nitrogens with one attached hydrogen (secondary N) is 4. The zero-order valence-corrected chi connectivity index (χ0v) is 7.77. The van der Waals surface area contributed by atoms with Crippen molar-refractivity contribution >= 4 is 45.3 Å². The van der Waals surface area contributed by atoms with Crippen LogP contribution in [0, 0.1) is 0 Å². The van der Waals surface area contributed by atoms with Gasteiger partial charge in [-0.3, -0.25) is 0 Å². The van der Waals surface area contributed by atoms with Gasteiger partial charge in [-0.1, -0.05) is 0 Å². The highest BCUT2D eigenvalue weighted by molar-refractivity contribution is 6.66. The predicted molar refractivity (Wildman–Crippen MR) is 60.5 cm³/mol. The van der Waals surface area contributed by atoms with Crippen molar-refractivity contribution in [1.29, 1.82) is 0 Å². The Labute approximate surface area is 89.0 Å². The average molecular weight is 181 g/mol. The fraction of sp³-hybridized carbons (Fsp3) is 1.00. The van der Waals surface area contributed by atoms with Gasteiger partial charge >= 0.3 is 0 Å². The molecular weight excluding hydrogens is 173 g/mol. The standard InChI is InChI=1S/C2H8B6N6/c1(13-5-9-3-10-6-13)2-14-7-11-4-12-8-14/h9-12H,1-2H2. The summed E-state index contributed by atoms with van der Waals surface area (Å²) in [7, 11) is 11.2. The summed E-state index contributed by atoms with van der Waals surface area (Å²) in [4.78, 5) is 0. The zero-order valence-electron chi connectivity index (χ0n) is 7.77. The number of rotatable bonds is 3. The second-order valence-electron chi connectivity index (χ2n) is 2.95. The summed E-state index contributed by atoms with van der Waals surface area (Å²) >= 11 is 0. The summed E-state index contributed by atoms with van der Waals surface area (Å²) in [5, 5.41) is 11.9. The topological polar surface area (TPSA) is 54.6 Å². The highest BCUT2D eigenvalue weighted by atomic mass is 15.2. The lowest BCUT2D eigenvalue weighted by atomic mass is 9.79. The molecule has 2 rings (SSSR count). The lowest BCUT2D eigenvalue weighted by molar-refractivity contribution is 0.552. The van der Waals surface area contributed by atoms with E-state index < -0.39 is 0 Å². The maximum absolute atomic E-state index is 2.98. The van der Waals surface area contributed by atoms with Crippen LogP contribution in [0.1, 0.15) is 0 Å². The van der Waals surface area contributed by atoms with Crippen molar-refractivity contribution in [1.82, 2.24) is 30.0 Å². The lowest BCUT2D eigenvalue weighted by Gasteiger charge is -2.30. The quantitative estimate of drug-likeness (QED) is 0.328. The molecule has 0 aromatic heterocycles. The molecule has 14 heavy (non-hydrogen) atoms. The Hall–Kier alpha value is 0.150. The Morgan fingerprint density at radius 1 is 0.643 bits per heavy atom. The van der Waals surface area contributed by atoms with Crippen LogP contribution in [-0.4, -0.2) is 67.8 Å². The Balaban J connectivity index is 1.60. The summed E-state index contributed by atoms with van der Waals surface area (Å²) < 4.78 is 4.08. The van der Waals surface area contributed by atoms with Gasteiger partial charge < -0.3 is 30.0 Å². The highest BCUT2D eigenvalue weighted by Gasteiger charge is 2.17. The van der Waals surface area contributed by atoms with Crippen LogP contribution in [0.3, 0.4) is 0 Å². The maximum atomic E-state index is 2.98. The molecule has 64 valence electrons. The van der Waals surface area contributed by atoms with E-state index >= 15 is 0 Å². The third-order valence-electron chi connectivity index (χ3n) is 1.91. The minimum absolute atomic E-state index is 0.907. The molecule has 2 saturated heterocycles. The minimum Gasteiger partial charge on any atom is -0.379 e. The van der Waals surface area contributed by atoms with Crippen LogP contribution in [0.2, 0.25) is 0 Å². The summed E-state index contributed by atoms with van der Waals surface area (Å²) in [5.41, 5.74) is 0. The summed E-state index contributed by atoms with van der Waals surface area (Å²) in [6.07, 6.45) is 0. The molecule has 6 radical (unpaired) electrons. The monoisotopic (exact) mass is 182 g/mol. The van der Waals surface area contributed by atoms with Gasteiger partial charge in [0, 0.05) is 0 Å². The van der Waals surface area contributed by atoms with Crippen molar-refractivity contribution in [3.05, 3.63) is 0 Å². The molecule has 0 bridgehead atoms. The molecule has 0 saturated carbocycles. The van der Waals surface area contributed by atoms with Crippen LogP contribution in [0.15, 0.2) is 0 Å². The smallest absolute Gasteiger partial charge is 0.287 e. The zero-order chi connectivity index (χ0) is 9.64. The maximum Gasteiger partial charge on any atom is 0.287 e. The fourth-order valence-corrected chi connectivity index (χ4v) is 1.19. The third kappa shape index (κ3) is 3.38. The van der Waals surface area contributed by atoms with E-state index in [1.807, 2.05) is 39.6 Å². The predicted octanol–water partition coefficient (Wildman–Crippen LogP) is -4.82. The molecule has 0 aromatic carbocycles. The van der Waals surface area contributed by atoms with Crippen molar-refractivity contribution in [3.63, 3.8) is 0 Å². The molecule has 0 amide bonds. The Morgan fingerprint density at radius 2 is 1.00 bits per heavy atom. The Bertz CT molecular complexity index is 140. The molecule has 0 atom stereocenters. The van der Waals surface area contributed by atoms with Gasteiger partial charge in [0.15, 0.2) is 0 Å². The van der Waals surface area contributed by atoms with Crippen molar-refractivity contribution in [2.24, 2.45) is 0 Å². The molecule has 0 spiro atoms. The summed E-state index contributed by atoms with van der Waals surface area (Å²) in [6, 6.07) is 0. The van der Waals surface area contributed by atoms with Crippen LogP contribution in [0.5, 0.6) is 0 Å². The van der Waals surface area contributed by atoms with Crippen LogP contribution >= 0.6 is 0 Å². The Morgan fingerprint density at radius 3 is 1.36 bits per heavy atom. The van der Waals surface area contributed by atoms with Crippen molar-refractivity contribution < 1.29 is 0 Å². The SMILES string of the molecule is [B]1N[B]N(CCN2[B]N[B]N[B]2)[B]N1. The van der Waals surface area contributed by atoms with Gasteiger partial charge in [0.05, 0.1) is 0 Å². The lowest BCUT2D eigenvalue weighted by Crippen LogP contribution is -2.62. The summed E-state index contributed by atoms with van der Waals surface area (Å²) in [6.45, 7) is 1.81. The molecular formula is C2H8B6N6. The second-order valence-corrected chi connectivity index (χ2v) is 2.95. The van der Waals surface area contributed by atoms with Gasteiger partial charge in [-0.15, -0.1) is 0 Å². The van der Waals surface area contributed by atoms with Crippen LogP contribution in [-0.2, 0) is 0 Å². The first-order valence-electron chi connectivity index (χ1n) is 4.47. The molecule has 2 aliphatic rings.